The van der Waals surface area contributed by atoms with Crippen LogP contribution >= 0.6 is 0 Å². The molecule has 0 radical (unpaired) electrons. The van der Waals surface area contributed by atoms with Crippen molar-refractivity contribution in [3.8, 4) is 11.3 Å². The third-order valence-corrected chi connectivity index (χ3v) is 6.54. The summed E-state index contributed by atoms with van der Waals surface area (Å²) in [6.07, 6.45) is 0. The van der Waals surface area contributed by atoms with E-state index in [0.717, 1.165) is 23.5 Å². The Hall–Kier alpha value is -3.54. The second kappa shape index (κ2) is 10.2. The molecular weight excluding hydrogens is 426 g/mol. The van der Waals surface area contributed by atoms with Gasteiger partial charge in [0, 0.05) is 42.8 Å². The van der Waals surface area contributed by atoms with Crippen LogP contribution in [0.2, 0.25) is 0 Å². The Labute approximate surface area is 201 Å². The molecule has 3 aromatic rings. The number of benzene rings is 2. The summed E-state index contributed by atoms with van der Waals surface area (Å²) in [5.41, 5.74) is 5.50. The number of esters is 1. The molecule has 1 aliphatic rings. The van der Waals surface area contributed by atoms with Gasteiger partial charge in [-0.25, -0.2) is 4.79 Å². The van der Waals surface area contributed by atoms with Gasteiger partial charge in [0.15, 0.2) is 0 Å². The molecule has 4 rings (SSSR count). The van der Waals surface area contributed by atoms with Crippen molar-refractivity contribution in [1.82, 2.24) is 9.47 Å². The van der Waals surface area contributed by atoms with Crippen LogP contribution in [0.15, 0.2) is 60.7 Å². The SMILES string of the molecule is CCOC(=O)c1cc(-c2ccccc2)n(CC(=O)N2CCN(c3cccc(C)c3)[C@@H](C)C2)c1C. The van der Waals surface area contributed by atoms with E-state index in [4.69, 9.17) is 4.74 Å². The van der Waals surface area contributed by atoms with Gasteiger partial charge in [-0.05, 0) is 57.0 Å². The van der Waals surface area contributed by atoms with E-state index < -0.39 is 0 Å². The molecule has 0 unspecified atom stereocenters. The van der Waals surface area contributed by atoms with Crippen molar-refractivity contribution in [2.45, 2.75) is 40.3 Å². The first kappa shape index (κ1) is 23.6. The van der Waals surface area contributed by atoms with Gasteiger partial charge < -0.3 is 19.1 Å². The lowest BCUT2D eigenvalue weighted by atomic mass is 10.1. The lowest BCUT2D eigenvalue weighted by Crippen LogP contribution is -2.54. The fourth-order valence-corrected chi connectivity index (χ4v) is 4.72. The number of hydrogen-bond acceptors (Lipinski definition) is 4. The van der Waals surface area contributed by atoms with Crippen molar-refractivity contribution in [3.63, 3.8) is 0 Å². The molecule has 6 nitrogen and oxygen atoms in total. The predicted molar refractivity (Wildman–Crippen MR) is 135 cm³/mol. The van der Waals surface area contributed by atoms with Crippen molar-refractivity contribution in [2.24, 2.45) is 0 Å². The highest BCUT2D eigenvalue weighted by molar-refractivity contribution is 5.93. The highest BCUT2D eigenvalue weighted by atomic mass is 16.5. The molecule has 6 heteroatoms. The maximum atomic E-state index is 13.4. The second-order valence-electron chi connectivity index (χ2n) is 8.92. The molecule has 0 bridgehead atoms. The molecule has 2 heterocycles. The fraction of sp³-hybridized carbons (Fsp3) is 0.357. The molecule has 1 saturated heterocycles. The standard InChI is InChI=1S/C28H33N3O3/c1-5-34-28(33)25-17-26(23-11-7-6-8-12-23)31(22(25)4)19-27(32)29-14-15-30(21(3)18-29)24-13-9-10-20(2)16-24/h6-13,16-17,21H,5,14-15,18-19H2,1-4H3/t21-/m0/s1. The molecule has 1 aromatic heterocycles. The Morgan fingerprint density at radius 1 is 1.00 bits per heavy atom. The summed E-state index contributed by atoms with van der Waals surface area (Å²) in [6, 6.07) is 20.4. The number of carbonyl (C=O) groups excluding carboxylic acids is 2. The zero-order valence-electron chi connectivity index (χ0n) is 20.5. The summed E-state index contributed by atoms with van der Waals surface area (Å²) in [5.74, 6) is -0.300. The van der Waals surface area contributed by atoms with Gasteiger partial charge in [-0.1, -0.05) is 42.5 Å². The smallest absolute Gasteiger partial charge is 0.339 e. The van der Waals surface area contributed by atoms with E-state index in [9.17, 15) is 9.59 Å². The van der Waals surface area contributed by atoms with E-state index in [2.05, 4.69) is 43.0 Å². The topological polar surface area (TPSA) is 54.8 Å². The first-order valence-corrected chi connectivity index (χ1v) is 11.9. The third-order valence-electron chi connectivity index (χ3n) is 6.54. The zero-order valence-corrected chi connectivity index (χ0v) is 20.5. The van der Waals surface area contributed by atoms with E-state index in [1.165, 1.54) is 11.3 Å². The fourth-order valence-electron chi connectivity index (χ4n) is 4.72. The zero-order chi connectivity index (χ0) is 24.2. The highest BCUT2D eigenvalue weighted by Crippen LogP contribution is 2.27. The number of piperazine rings is 1. The van der Waals surface area contributed by atoms with E-state index in [1.54, 1.807) is 6.92 Å². The van der Waals surface area contributed by atoms with Crippen LogP contribution in [0.5, 0.6) is 0 Å². The minimum Gasteiger partial charge on any atom is -0.462 e. The largest absolute Gasteiger partial charge is 0.462 e. The molecule has 1 amide bonds. The Balaban J connectivity index is 1.55. The number of hydrogen-bond donors (Lipinski definition) is 0. The monoisotopic (exact) mass is 459 g/mol. The van der Waals surface area contributed by atoms with Crippen LogP contribution in [0, 0.1) is 13.8 Å². The van der Waals surface area contributed by atoms with Gasteiger partial charge in [0.1, 0.15) is 6.54 Å². The number of carbonyl (C=O) groups is 2. The van der Waals surface area contributed by atoms with Crippen molar-refractivity contribution >= 4 is 17.6 Å². The summed E-state index contributed by atoms with van der Waals surface area (Å²) < 4.78 is 7.20. The van der Waals surface area contributed by atoms with Crippen LogP contribution in [0.3, 0.4) is 0 Å². The molecule has 178 valence electrons. The van der Waals surface area contributed by atoms with Crippen molar-refractivity contribution in [2.75, 3.05) is 31.1 Å². The van der Waals surface area contributed by atoms with Crippen LogP contribution in [0.1, 0.15) is 35.5 Å². The van der Waals surface area contributed by atoms with Gasteiger partial charge in [0.2, 0.25) is 5.91 Å². The molecule has 1 aliphatic heterocycles. The summed E-state index contributed by atoms with van der Waals surface area (Å²) in [7, 11) is 0. The predicted octanol–water partition coefficient (Wildman–Crippen LogP) is 4.69. The normalized spacial score (nSPS) is 15.9. The van der Waals surface area contributed by atoms with Crippen LogP contribution in [0.25, 0.3) is 11.3 Å². The second-order valence-corrected chi connectivity index (χ2v) is 8.92. The van der Waals surface area contributed by atoms with Gasteiger partial charge >= 0.3 is 5.97 Å². The minimum absolute atomic E-state index is 0.0574. The van der Waals surface area contributed by atoms with E-state index in [0.29, 0.717) is 25.3 Å². The number of aryl methyl sites for hydroxylation is 1. The van der Waals surface area contributed by atoms with Crippen molar-refractivity contribution in [3.05, 3.63) is 77.5 Å². The Kier molecular flexibility index (Phi) is 7.06. The van der Waals surface area contributed by atoms with Crippen LogP contribution in [-0.2, 0) is 16.1 Å². The lowest BCUT2D eigenvalue weighted by Gasteiger charge is -2.41. The number of aromatic nitrogens is 1. The quantitative estimate of drug-likeness (QED) is 0.502. The molecule has 1 atom stereocenters. The molecule has 1 fully saturated rings. The highest BCUT2D eigenvalue weighted by Gasteiger charge is 2.28. The Morgan fingerprint density at radius 3 is 2.44 bits per heavy atom. The van der Waals surface area contributed by atoms with Crippen molar-refractivity contribution < 1.29 is 14.3 Å². The number of nitrogens with zero attached hydrogens (tertiary/aromatic N) is 3. The summed E-state index contributed by atoms with van der Waals surface area (Å²) in [5, 5.41) is 0. The lowest BCUT2D eigenvalue weighted by molar-refractivity contribution is -0.132. The van der Waals surface area contributed by atoms with Crippen molar-refractivity contribution in [1.29, 1.82) is 0 Å². The number of ether oxygens (including phenoxy) is 1. The van der Waals surface area contributed by atoms with Crippen LogP contribution in [-0.4, -0.2) is 53.6 Å². The molecular formula is C28H33N3O3. The molecule has 0 saturated carbocycles. The van der Waals surface area contributed by atoms with Crippen LogP contribution < -0.4 is 4.90 Å². The van der Waals surface area contributed by atoms with E-state index >= 15 is 0 Å². The average Bonchev–Trinajstić information content (AvgIpc) is 3.15. The first-order chi connectivity index (χ1) is 16.4. The molecule has 0 aliphatic carbocycles. The van der Waals surface area contributed by atoms with E-state index in [1.807, 2.05) is 52.8 Å². The minimum atomic E-state index is -0.358. The molecule has 0 N–H and O–H groups in total. The van der Waals surface area contributed by atoms with Gasteiger partial charge in [-0.15, -0.1) is 0 Å². The molecule has 0 spiro atoms. The van der Waals surface area contributed by atoms with Crippen LogP contribution in [0.4, 0.5) is 5.69 Å². The molecule has 2 aromatic carbocycles. The summed E-state index contributed by atoms with van der Waals surface area (Å²) in [4.78, 5) is 30.3. The molecule has 34 heavy (non-hydrogen) atoms. The summed E-state index contributed by atoms with van der Waals surface area (Å²) in [6.45, 7) is 10.6. The number of anilines is 1. The number of amides is 1. The van der Waals surface area contributed by atoms with Gasteiger partial charge in [-0.3, -0.25) is 4.79 Å². The number of rotatable bonds is 6. The maximum absolute atomic E-state index is 13.4. The average molecular weight is 460 g/mol. The third kappa shape index (κ3) is 4.86. The summed E-state index contributed by atoms with van der Waals surface area (Å²) >= 11 is 0. The Morgan fingerprint density at radius 2 is 1.76 bits per heavy atom. The van der Waals surface area contributed by atoms with Gasteiger partial charge in [0.05, 0.1) is 12.2 Å². The van der Waals surface area contributed by atoms with Gasteiger partial charge in [0.25, 0.3) is 0 Å². The Bertz CT molecular complexity index is 1170. The first-order valence-electron chi connectivity index (χ1n) is 11.9. The van der Waals surface area contributed by atoms with Gasteiger partial charge in [-0.2, -0.15) is 0 Å². The van der Waals surface area contributed by atoms with E-state index in [-0.39, 0.29) is 24.5 Å². The maximum Gasteiger partial charge on any atom is 0.339 e.